The van der Waals surface area contributed by atoms with Gasteiger partial charge in [-0.25, -0.2) is 0 Å². The third-order valence-corrected chi connectivity index (χ3v) is 2.32. The van der Waals surface area contributed by atoms with Gasteiger partial charge in [0.1, 0.15) is 0 Å². The molecule has 0 amide bonds. The van der Waals surface area contributed by atoms with Gasteiger partial charge in [-0.05, 0) is 31.1 Å². The molecule has 0 aromatic carbocycles. The highest BCUT2D eigenvalue weighted by Crippen LogP contribution is 1.98. The van der Waals surface area contributed by atoms with Crippen LogP contribution < -0.4 is 0 Å². The lowest BCUT2D eigenvalue weighted by Crippen LogP contribution is -1.89. The molecule has 0 aliphatic carbocycles. The Hall–Kier alpha value is -2.22. The molecule has 1 heterocycles. The molecule has 0 aliphatic heterocycles. The molecule has 2 heteroatoms. The van der Waals surface area contributed by atoms with Crippen molar-refractivity contribution >= 4 is 11.9 Å². The first-order valence-electron chi connectivity index (χ1n) is 5.79. The van der Waals surface area contributed by atoms with Crippen LogP contribution in [0.4, 0.5) is 0 Å². The summed E-state index contributed by atoms with van der Waals surface area (Å²) in [6, 6.07) is 3.89. The van der Waals surface area contributed by atoms with Crippen molar-refractivity contribution in [2.75, 3.05) is 0 Å². The van der Waals surface area contributed by atoms with Gasteiger partial charge in [-0.2, -0.15) is 0 Å². The normalized spacial score (nSPS) is 12.9. The van der Waals surface area contributed by atoms with Crippen molar-refractivity contribution in [1.29, 1.82) is 0 Å². The summed E-state index contributed by atoms with van der Waals surface area (Å²) in [4.78, 5) is 14.9. The maximum absolute atomic E-state index is 10.9. The molecular weight excluding hydrogens is 222 g/mol. The van der Waals surface area contributed by atoms with Gasteiger partial charge >= 0.3 is 0 Å². The molecule has 18 heavy (non-hydrogen) atoms. The number of hydrogen-bond donors (Lipinski definition) is 0. The van der Waals surface area contributed by atoms with E-state index in [1.807, 2.05) is 48.6 Å². The molecule has 0 unspecified atom stereocenters. The predicted octanol–water partition coefficient (Wildman–Crippen LogP) is 3.74. The van der Waals surface area contributed by atoms with Crippen LogP contribution in [0.2, 0.25) is 0 Å². The lowest BCUT2D eigenvalue weighted by molar-refractivity contribution is -0.113. The minimum absolute atomic E-state index is 0.0973. The summed E-state index contributed by atoms with van der Waals surface area (Å²) in [5.74, 6) is 0.0973. The maximum atomic E-state index is 10.9. The Morgan fingerprint density at radius 2 is 1.83 bits per heavy atom. The van der Waals surface area contributed by atoms with E-state index in [1.165, 1.54) is 0 Å². The van der Waals surface area contributed by atoms with E-state index in [2.05, 4.69) is 4.98 Å². The highest BCUT2D eigenvalue weighted by atomic mass is 16.1. The molecule has 0 bridgehead atoms. The van der Waals surface area contributed by atoms with Gasteiger partial charge < -0.3 is 0 Å². The average Bonchev–Trinajstić information content (AvgIpc) is 2.38. The molecule has 1 rings (SSSR count). The van der Waals surface area contributed by atoms with E-state index < -0.39 is 0 Å². The Labute approximate surface area is 108 Å². The number of carbonyl (C=O) groups is 1. The van der Waals surface area contributed by atoms with Gasteiger partial charge in [-0.1, -0.05) is 48.6 Å². The first kappa shape index (κ1) is 13.8. The van der Waals surface area contributed by atoms with Gasteiger partial charge in [-0.3, -0.25) is 9.78 Å². The molecule has 0 saturated heterocycles. The number of hydrogen-bond acceptors (Lipinski definition) is 2. The van der Waals surface area contributed by atoms with Crippen LogP contribution >= 0.6 is 0 Å². The van der Waals surface area contributed by atoms with Crippen LogP contribution in [0, 0.1) is 0 Å². The topological polar surface area (TPSA) is 30.0 Å². The fraction of sp³-hybridized carbons (Fsp3) is 0.125. The number of rotatable bonds is 5. The van der Waals surface area contributed by atoms with E-state index >= 15 is 0 Å². The van der Waals surface area contributed by atoms with E-state index in [0.29, 0.717) is 0 Å². The van der Waals surface area contributed by atoms with Crippen LogP contribution in [0.5, 0.6) is 0 Å². The van der Waals surface area contributed by atoms with Crippen molar-refractivity contribution in [3.05, 3.63) is 72.1 Å². The monoisotopic (exact) mass is 239 g/mol. The second-order valence-corrected chi connectivity index (χ2v) is 3.82. The molecule has 92 valence electrons. The summed E-state index contributed by atoms with van der Waals surface area (Å²) in [6.45, 7) is 3.37. The largest absolute Gasteiger partial charge is 0.295 e. The lowest BCUT2D eigenvalue weighted by Gasteiger charge is -1.88. The first-order chi connectivity index (χ1) is 8.70. The maximum Gasteiger partial charge on any atom is 0.155 e. The summed E-state index contributed by atoms with van der Waals surface area (Å²) in [7, 11) is 0. The quantitative estimate of drug-likeness (QED) is 0.578. The van der Waals surface area contributed by atoms with Crippen molar-refractivity contribution in [2.45, 2.75) is 13.8 Å². The van der Waals surface area contributed by atoms with E-state index in [-0.39, 0.29) is 5.78 Å². The number of ketones is 1. The Balaban J connectivity index is 2.43. The average molecular weight is 239 g/mol. The summed E-state index contributed by atoms with van der Waals surface area (Å²) in [5, 5.41) is 0. The van der Waals surface area contributed by atoms with Gasteiger partial charge in [0.05, 0.1) is 0 Å². The van der Waals surface area contributed by atoms with Crippen LogP contribution in [0.1, 0.15) is 19.4 Å². The molecule has 0 saturated carbocycles. The zero-order chi connectivity index (χ0) is 13.2. The lowest BCUT2D eigenvalue weighted by atomic mass is 10.2. The highest BCUT2D eigenvalue weighted by Gasteiger charge is 1.90. The molecule has 0 spiro atoms. The SMILES string of the molecule is CC(=O)/C(C)=C/C=C/C=C/C=C/c1cccnc1. The van der Waals surface area contributed by atoms with Gasteiger partial charge in [0.2, 0.25) is 0 Å². The molecule has 0 aliphatic rings. The summed E-state index contributed by atoms with van der Waals surface area (Å²) in [6.07, 6.45) is 16.9. The zero-order valence-electron chi connectivity index (χ0n) is 10.7. The van der Waals surface area contributed by atoms with Gasteiger partial charge in [-0.15, -0.1) is 0 Å². The van der Waals surface area contributed by atoms with Gasteiger partial charge in [0, 0.05) is 12.4 Å². The van der Waals surface area contributed by atoms with Crippen LogP contribution in [0.3, 0.4) is 0 Å². The van der Waals surface area contributed by atoms with E-state index in [9.17, 15) is 4.79 Å². The van der Waals surface area contributed by atoms with Crippen molar-refractivity contribution in [1.82, 2.24) is 4.98 Å². The number of Topliss-reactive ketones (excluding diaryl/α,β-unsaturated/α-hetero) is 1. The smallest absolute Gasteiger partial charge is 0.155 e. The summed E-state index contributed by atoms with van der Waals surface area (Å²) < 4.78 is 0. The molecule has 0 atom stereocenters. The number of pyridine rings is 1. The Morgan fingerprint density at radius 3 is 2.50 bits per heavy atom. The fourth-order valence-electron chi connectivity index (χ4n) is 1.15. The number of aromatic nitrogens is 1. The number of nitrogens with zero attached hydrogens (tertiary/aromatic N) is 1. The number of allylic oxidation sites excluding steroid dienone is 7. The first-order valence-corrected chi connectivity index (χ1v) is 5.79. The minimum atomic E-state index is 0.0973. The summed E-state index contributed by atoms with van der Waals surface area (Å²) >= 11 is 0. The minimum Gasteiger partial charge on any atom is -0.295 e. The zero-order valence-corrected chi connectivity index (χ0v) is 10.7. The van der Waals surface area contributed by atoms with Crippen LogP contribution in [0.25, 0.3) is 6.08 Å². The van der Waals surface area contributed by atoms with Crippen molar-refractivity contribution in [2.24, 2.45) is 0 Å². The standard InChI is InChI=1S/C16H17NO/c1-14(15(2)18)9-6-4-3-5-7-10-16-11-8-12-17-13-16/h3-13H,1-2H3/b5-3+,6-4+,10-7+,14-9+. The molecule has 1 aromatic heterocycles. The van der Waals surface area contributed by atoms with E-state index in [4.69, 9.17) is 0 Å². The Bertz CT molecular complexity index is 493. The third-order valence-electron chi connectivity index (χ3n) is 2.32. The van der Waals surface area contributed by atoms with Crippen LogP contribution in [-0.4, -0.2) is 10.8 Å². The molecule has 0 fully saturated rings. The van der Waals surface area contributed by atoms with E-state index in [0.717, 1.165) is 11.1 Å². The summed E-state index contributed by atoms with van der Waals surface area (Å²) in [5.41, 5.74) is 1.82. The fourth-order valence-corrected chi connectivity index (χ4v) is 1.15. The second kappa shape index (κ2) is 7.96. The van der Waals surface area contributed by atoms with Crippen LogP contribution in [-0.2, 0) is 4.79 Å². The highest BCUT2D eigenvalue weighted by molar-refractivity contribution is 5.92. The molecule has 2 nitrogen and oxygen atoms in total. The van der Waals surface area contributed by atoms with Gasteiger partial charge in [0.25, 0.3) is 0 Å². The van der Waals surface area contributed by atoms with Crippen molar-refractivity contribution in [3.63, 3.8) is 0 Å². The predicted molar refractivity (Wildman–Crippen MR) is 76.0 cm³/mol. The van der Waals surface area contributed by atoms with Crippen LogP contribution in [0.15, 0.2) is 66.6 Å². The number of carbonyl (C=O) groups excluding carboxylic acids is 1. The Morgan fingerprint density at radius 1 is 1.11 bits per heavy atom. The van der Waals surface area contributed by atoms with E-state index in [1.54, 1.807) is 32.3 Å². The molecule has 0 radical (unpaired) electrons. The molecule has 1 aromatic rings. The Kier molecular flexibility index (Phi) is 6.12. The van der Waals surface area contributed by atoms with Crippen molar-refractivity contribution in [3.8, 4) is 0 Å². The third kappa shape index (κ3) is 5.75. The van der Waals surface area contributed by atoms with Crippen molar-refractivity contribution < 1.29 is 4.79 Å². The van der Waals surface area contributed by atoms with Gasteiger partial charge in [0.15, 0.2) is 5.78 Å². The molecule has 0 N–H and O–H groups in total. The molecular formula is C16H17NO. The second-order valence-electron chi connectivity index (χ2n) is 3.82.